The third-order valence-electron chi connectivity index (χ3n) is 2.93. The van der Waals surface area contributed by atoms with Gasteiger partial charge in [-0.1, -0.05) is 19.1 Å². The summed E-state index contributed by atoms with van der Waals surface area (Å²) in [5, 5.41) is 12.0. The second-order valence-corrected chi connectivity index (χ2v) is 5.80. The number of hydrogen-bond donors (Lipinski definition) is 2. The van der Waals surface area contributed by atoms with Crippen molar-refractivity contribution in [3.8, 4) is 0 Å². The van der Waals surface area contributed by atoms with Crippen LogP contribution in [0.25, 0.3) is 0 Å². The van der Waals surface area contributed by atoms with Crippen LogP contribution in [-0.2, 0) is 0 Å². The van der Waals surface area contributed by atoms with Gasteiger partial charge in [0.05, 0.1) is 12.4 Å². The van der Waals surface area contributed by atoms with Gasteiger partial charge in [0, 0.05) is 10.9 Å². The van der Waals surface area contributed by atoms with E-state index in [4.69, 9.17) is 5.11 Å². The fourth-order valence-corrected chi connectivity index (χ4v) is 2.50. The average Bonchev–Trinajstić information content (AvgIpc) is 2.49. The number of carboxylic acid groups (broad SMARTS) is 1. The summed E-state index contributed by atoms with van der Waals surface area (Å²) in [5.74, 6) is 0.532. The topological polar surface area (TPSA) is 75.1 Å². The van der Waals surface area contributed by atoms with Crippen molar-refractivity contribution in [1.82, 2.24) is 9.97 Å². The molecule has 1 atom stereocenters. The Hall–Kier alpha value is -2.08. The molecule has 0 aliphatic rings. The number of carboxylic acids is 1. The van der Waals surface area contributed by atoms with E-state index >= 15 is 0 Å². The largest absolute Gasteiger partial charge is 0.476 e. The summed E-state index contributed by atoms with van der Waals surface area (Å²) in [6, 6.07) is 8.42. The molecule has 0 fully saturated rings. The van der Waals surface area contributed by atoms with Gasteiger partial charge in [0.2, 0.25) is 0 Å². The van der Waals surface area contributed by atoms with E-state index in [2.05, 4.69) is 46.5 Å². The average molecular weight is 303 g/mol. The highest BCUT2D eigenvalue weighted by atomic mass is 32.2. The Morgan fingerprint density at radius 2 is 2.00 bits per heavy atom. The molecule has 21 heavy (non-hydrogen) atoms. The molecule has 0 radical (unpaired) electrons. The molecule has 0 spiro atoms. The highest BCUT2D eigenvalue weighted by molar-refractivity contribution is 7.99. The van der Waals surface area contributed by atoms with Crippen LogP contribution in [0.1, 0.15) is 35.9 Å². The van der Waals surface area contributed by atoms with Crippen LogP contribution in [0, 0.1) is 0 Å². The Morgan fingerprint density at radius 3 is 2.52 bits per heavy atom. The summed E-state index contributed by atoms with van der Waals surface area (Å²) in [7, 11) is 0. The van der Waals surface area contributed by atoms with Crippen molar-refractivity contribution in [2.24, 2.45) is 0 Å². The highest BCUT2D eigenvalue weighted by Gasteiger charge is 2.08. The van der Waals surface area contributed by atoms with Gasteiger partial charge in [-0.15, -0.1) is 11.8 Å². The monoisotopic (exact) mass is 303 g/mol. The Morgan fingerprint density at radius 1 is 1.29 bits per heavy atom. The van der Waals surface area contributed by atoms with E-state index in [1.165, 1.54) is 17.3 Å². The normalized spacial score (nSPS) is 11.9. The number of hydrogen-bond acceptors (Lipinski definition) is 5. The minimum absolute atomic E-state index is 0.0610. The molecule has 1 heterocycles. The highest BCUT2D eigenvalue weighted by Crippen LogP contribution is 2.22. The molecule has 1 unspecified atom stereocenters. The number of thioether (sulfide) groups is 1. The van der Waals surface area contributed by atoms with E-state index < -0.39 is 5.97 Å². The predicted molar refractivity (Wildman–Crippen MR) is 83.9 cm³/mol. The van der Waals surface area contributed by atoms with Crippen LogP contribution in [0.15, 0.2) is 41.6 Å². The quantitative estimate of drug-likeness (QED) is 0.796. The third kappa shape index (κ3) is 4.19. The van der Waals surface area contributed by atoms with Crippen LogP contribution in [0.2, 0.25) is 0 Å². The van der Waals surface area contributed by atoms with Gasteiger partial charge >= 0.3 is 5.97 Å². The number of carbonyl (C=O) groups is 1. The maximum Gasteiger partial charge on any atom is 0.356 e. The molecule has 0 saturated carbocycles. The summed E-state index contributed by atoms with van der Waals surface area (Å²) in [5.41, 5.74) is 1.08. The number of aromatic nitrogens is 2. The summed E-state index contributed by atoms with van der Waals surface area (Å²) in [4.78, 5) is 19.9. The lowest BCUT2D eigenvalue weighted by atomic mass is 10.1. The van der Waals surface area contributed by atoms with Crippen LogP contribution in [0.5, 0.6) is 0 Å². The van der Waals surface area contributed by atoms with Crippen molar-refractivity contribution >= 4 is 23.5 Å². The number of benzene rings is 1. The molecule has 1 aromatic carbocycles. The predicted octanol–water partition coefficient (Wildman–Crippen LogP) is 3.46. The molecular weight excluding hydrogens is 286 g/mol. The van der Waals surface area contributed by atoms with E-state index in [-0.39, 0.29) is 11.7 Å². The molecule has 2 rings (SSSR count). The van der Waals surface area contributed by atoms with Crippen molar-refractivity contribution in [3.63, 3.8) is 0 Å². The van der Waals surface area contributed by atoms with Gasteiger partial charge in [-0.25, -0.2) is 14.8 Å². The Kier molecular flexibility index (Phi) is 5.16. The molecule has 1 aromatic heterocycles. The fraction of sp³-hybridized carbons (Fsp3) is 0.267. The molecule has 0 saturated heterocycles. The van der Waals surface area contributed by atoms with Crippen LogP contribution in [0.4, 0.5) is 5.82 Å². The summed E-state index contributed by atoms with van der Waals surface area (Å²) in [6.45, 7) is 4.15. The maximum absolute atomic E-state index is 10.7. The molecule has 5 nitrogen and oxygen atoms in total. The minimum atomic E-state index is -1.08. The van der Waals surface area contributed by atoms with Crippen molar-refractivity contribution < 1.29 is 9.90 Å². The second-order valence-electron chi connectivity index (χ2n) is 4.46. The Labute approximate surface area is 127 Å². The number of anilines is 1. The Bertz CT molecular complexity index is 599. The molecule has 2 N–H and O–H groups in total. The SMILES string of the molecule is CCSc1ccc(C(C)Nc2cnc(C(=O)O)cn2)cc1. The second kappa shape index (κ2) is 7.08. The smallest absolute Gasteiger partial charge is 0.356 e. The van der Waals surface area contributed by atoms with E-state index in [1.54, 1.807) is 11.8 Å². The summed E-state index contributed by atoms with van der Waals surface area (Å²) in [6.07, 6.45) is 2.68. The van der Waals surface area contributed by atoms with E-state index in [9.17, 15) is 4.79 Å². The van der Waals surface area contributed by atoms with Gasteiger partial charge < -0.3 is 10.4 Å². The number of rotatable bonds is 6. The molecular formula is C15H17N3O2S. The number of aromatic carboxylic acids is 1. The molecule has 0 bridgehead atoms. The van der Waals surface area contributed by atoms with Gasteiger partial charge in [-0.05, 0) is 30.4 Å². The van der Waals surface area contributed by atoms with E-state index in [0.29, 0.717) is 5.82 Å². The first-order chi connectivity index (χ1) is 10.1. The molecule has 0 amide bonds. The van der Waals surface area contributed by atoms with Crippen LogP contribution < -0.4 is 5.32 Å². The van der Waals surface area contributed by atoms with Gasteiger partial charge in [0.1, 0.15) is 5.82 Å². The lowest BCUT2D eigenvalue weighted by Crippen LogP contribution is -2.09. The standard InChI is InChI=1S/C15H17N3O2S/c1-3-21-12-6-4-11(5-7-12)10(2)18-14-9-16-13(8-17-14)15(19)20/h4-10H,3H2,1-2H3,(H,17,18)(H,19,20). The van der Waals surface area contributed by atoms with Gasteiger partial charge in [-0.2, -0.15) is 0 Å². The molecule has 2 aromatic rings. The van der Waals surface area contributed by atoms with Crippen LogP contribution >= 0.6 is 11.8 Å². The van der Waals surface area contributed by atoms with Crippen molar-refractivity contribution in [1.29, 1.82) is 0 Å². The van der Waals surface area contributed by atoms with Gasteiger partial charge in [0.15, 0.2) is 5.69 Å². The number of nitrogens with one attached hydrogen (secondary N) is 1. The summed E-state index contributed by atoms with van der Waals surface area (Å²) < 4.78 is 0. The van der Waals surface area contributed by atoms with Crippen molar-refractivity contribution in [3.05, 3.63) is 47.9 Å². The zero-order valence-electron chi connectivity index (χ0n) is 11.9. The fourth-order valence-electron chi connectivity index (χ4n) is 1.84. The lowest BCUT2D eigenvalue weighted by molar-refractivity contribution is 0.0690. The zero-order valence-corrected chi connectivity index (χ0v) is 12.7. The Balaban J connectivity index is 2.03. The van der Waals surface area contributed by atoms with Crippen molar-refractivity contribution in [2.75, 3.05) is 11.1 Å². The first kappa shape index (κ1) is 15.3. The van der Waals surface area contributed by atoms with Crippen molar-refractivity contribution in [2.45, 2.75) is 24.8 Å². The molecule has 0 aliphatic heterocycles. The maximum atomic E-state index is 10.7. The lowest BCUT2D eigenvalue weighted by Gasteiger charge is -2.15. The zero-order chi connectivity index (χ0) is 15.2. The molecule has 110 valence electrons. The van der Waals surface area contributed by atoms with Gasteiger partial charge in [-0.3, -0.25) is 0 Å². The minimum Gasteiger partial charge on any atom is -0.476 e. The van der Waals surface area contributed by atoms with E-state index in [1.807, 2.05) is 6.92 Å². The first-order valence-corrected chi connectivity index (χ1v) is 7.63. The van der Waals surface area contributed by atoms with Crippen LogP contribution in [-0.4, -0.2) is 26.8 Å². The van der Waals surface area contributed by atoms with E-state index in [0.717, 1.165) is 11.3 Å². The number of nitrogens with zero attached hydrogens (tertiary/aromatic N) is 2. The first-order valence-electron chi connectivity index (χ1n) is 6.64. The van der Waals surface area contributed by atoms with Gasteiger partial charge in [0.25, 0.3) is 0 Å². The van der Waals surface area contributed by atoms with Crippen LogP contribution in [0.3, 0.4) is 0 Å². The molecule has 0 aliphatic carbocycles. The third-order valence-corrected chi connectivity index (χ3v) is 3.82. The summed E-state index contributed by atoms with van der Waals surface area (Å²) >= 11 is 1.81. The molecule has 6 heteroatoms.